The van der Waals surface area contributed by atoms with E-state index < -0.39 is 34.7 Å². The molecule has 0 aliphatic carbocycles. The fourth-order valence-electron chi connectivity index (χ4n) is 3.75. The van der Waals surface area contributed by atoms with E-state index in [-0.39, 0.29) is 28.3 Å². The van der Waals surface area contributed by atoms with Crippen molar-refractivity contribution in [2.45, 2.75) is 25.1 Å². The number of nitrogens with zero attached hydrogens (tertiary/aromatic N) is 3. The van der Waals surface area contributed by atoms with E-state index in [9.17, 15) is 22.4 Å². The summed E-state index contributed by atoms with van der Waals surface area (Å²) in [6, 6.07) is 5.10. The van der Waals surface area contributed by atoms with Crippen LogP contribution in [0.2, 0.25) is 0 Å². The lowest BCUT2D eigenvalue weighted by atomic mass is 10.1. The van der Waals surface area contributed by atoms with Crippen LogP contribution in [0.3, 0.4) is 0 Å². The van der Waals surface area contributed by atoms with Crippen LogP contribution in [0.15, 0.2) is 35.1 Å². The highest BCUT2D eigenvalue weighted by atomic mass is 19.4. The maximum atomic E-state index is 14.4. The third-order valence-corrected chi connectivity index (χ3v) is 5.18. The second kappa shape index (κ2) is 7.67. The highest BCUT2D eigenvalue weighted by molar-refractivity contribution is 5.86. The van der Waals surface area contributed by atoms with E-state index >= 15 is 0 Å². The van der Waals surface area contributed by atoms with Crippen molar-refractivity contribution in [3.63, 3.8) is 0 Å². The normalized spacial score (nSPS) is 16.5. The Balaban J connectivity index is 2.11. The smallest absolute Gasteiger partial charge is 0.417 e. The van der Waals surface area contributed by atoms with Crippen molar-refractivity contribution < 1.29 is 22.3 Å². The molecular weight excluding hydrogens is 416 g/mol. The fourth-order valence-corrected chi connectivity index (χ4v) is 3.75. The van der Waals surface area contributed by atoms with E-state index in [4.69, 9.17) is 11.3 Å². The van der Waals surface area contributed by atoms with Gasteiger partial charge in [0, 0.05) is 6.07 Å². The van der Waals surface area contributed by atoms with Gasteiger partial charge in [0.05, 0.1) is 41.9 Å². The topological polar surface area (TPSA) is 60.5 Å². The molecule has 1 aliphatic heterocycles. The molecule has 0 radical (unpaired) electrons. The minimum Gasteiger partial charge on any atom is -0.494 e. The summed E-state index contributed by atoms with van der Waals surface area (Å²) in [5.74, 6) is -0.718. The average Bonchev–Trinajstić information content (AvgIpc) is 3.27. The van der Waals surface area contributed by atoms with Crippen molar-refractivity contribution in [2.75, 3.05) is 13.7 Å². The first-order valence-electron chi connectivity index (χ1n) is 9.37. The summed E-state index contributed by atoms with van der Waals surface area (Å²) in [5, 5.41) is 2.76. The number of nitrogens with one attached hydrogen (secondary N) is 1. The molecule has 160 valence electrons. The predicted molar refractivity (Wildman–Crippen MR) is 105 cm³/mol. The SMILES string of the molecule is [C-]#[N+]c1cc(C(F)(F)F)c2nc([C@@H]3CCCN3)n(-c3ccc(OC)c(F)c3)c(=O)c2c1. The van der Waals surface area contributed by atoms with Gasteiger partial charge in [0.25, 0.3) is 5.56 Å². The van der Waals surface area contributed by atoms with Crippen molar-refractivity contribution in [1.29, 1.82) is 0 Å². The monoisotopic (exact) mass is 432 g/mol. The van der Waals surface area contributed by atoms with Gasteiger partial charge >= 0.3 is 6.18 Å². The molecule has 2 heterocycles. The molecule has 31 heavy (non-hydrogen) atoms. The Bertz CT molecular complexity index is 1270. The Kier molecular flexibility index (Phi) is 5.15. The van der Waals surface area contributed by atoms with Crippen LogP contribution in [0, 0.1) is 12.4 Å². The van der Waals surface area contributed by atoms with Gasteiger partial charge in [-0.2, -0.15) is 13.2 Å². The molecule has 2 aromatic carbocycles. The van der Waals surface area contributed by atoms with Crippen LogP contribution in [0.25, 0.3) is 21.4 Å². The standard InChI is InChI=1S/C21H16F4N4O2/c1-26-11-8-13-18(14(9-11)21(23,24)25)28-19(16-4-3-7-27-16)29(20(13)30)12-5-6-17(31-2)15(22)10-12/h5-6,8-10,16,27H,3-4,7H2,2H3/t16-/m0/s1. The first-order valence-corrected chi connectivity index (χ1v) is 9.37. The Morgan fingerprint density at radius 3 is 2.65 bits per heavy atom. The van der Waals surface area contributed by atoms with Crippen molar-refractivity contribution >= 4 is 16.6 Å². The third-order valence-electron chi connectivity index (χ3n) is 5.18. The lowest BCUT2D eigenvalue weighted by Crippen LogP contribution is -2.29. The number of hydrogen-bond acceptors (Lipinski definition) is 4. The van der Waals surface area contributed by atoms with E-state index in [0.29, 0.717) is 19.0 Å². The predicted octanol–water partition coefficient (Wildman–Crippen LogP) is 4.53. The zero-order chi connectivity index (χ0) is 22.3. The lowest BCUT2D eigenvalue weighted by Gasteiger charge is -2.20. The molecule has 1 aromatic heterocycles. The summed E-state index contributed by atoms with van der Waals surface area (Å²) in [6.07, 6.45) is -3.51. The van der Waals surface area contributed by atoms with Gasteiger partial charge in [-0.3, -0.25) is 9.36 Å². The minimum atomic E-state index is -4.81. The van der Waals surface area contributed by atoms with Gasteiger partial charge in [-0.05, 0) is 43.7 Å². The van der Waals surface area contributed by atoms with Gasteiger partial charge in [-0.1, -0.05) is 0 Å². The molecular formula is C21H16F4N4O2. The van der Waals surface area contributed by atoms with Gasteiger partial charge in [0.15, 0.2) is 17.3 Å². The molecule has 1 N–H and O–H groups in total. The van der Waals surface area contributed by atoms with Gasteiger partial charge in [-0.25, -0.2) is 14.2 Å². The first-order chi connectivity index (χ1) is 14.7. The lowest BCUT2D eigenvalue weighted by molar-refractivity contribution is -0.136. The number of benzene rings is 2. The highest BCUT2D eigenvalue weighted by Crippen LogP contribution is 2.37. The van der Waals surface area contributed by atoms with E-state index in [1.54, 1.807) is 0 Å². The second-order valence-electron chi connectivity index (χ2n) is 7.08. The van der Waals surface area contributed by atoms with Crippen LogP contribution < -0.4 is 15.6 Å². The van der Waals surface area contributed by atoms with Gasteiger partial charge in [0.1, 0.15) is 5.82 Å². The number of hydrogen-bond donors (Lipinski definition) is 1. The van der Waals surface area contributed by atoms with Gasteiger partial charge in [-0.15, -0.1) is 0 Å². The maximum Gasteiger partial charge on any atom is 0.417 e. The summed E-state index contributed by atoms with van der Waals surface area (Å²) in [4.78, 5) is 20.7. The van der Waals surface area contributed by atoms with Crippen LogP contribution >= 0.6 is 0 Å². The summed E-state index contributed by atoms with van der Waals surface area (Å²) < 4.78 is 61.5. The molecule has 1 saturated heterocycles. The Morgan fingerprint density at radius 2 is 2.06 bits per heavy atom. The van der Waals surface area contributed by atoms with E-state index in [2.05, 4.69) is 15.1 Å². The molecule has 4 rings (SSSR count). The molecule has 0 spiro atoms. The van der Waals surface area contributed by atoms with Crippen LogP contribution in [-0.2, 0) is 6.18 Å². The van der Waals surface area contributed by atoms with E-state index in [1.807, 2.05) is 0 Å². The molecule has 1 fully saturated rings. The van der Waals surface area contributed by atoms with Crippen LogP contribution in [0.4, 0.5) is 23.2 Å². The number of fused-ring (bicyclic) bond motifs is 1. The van der Waals surface area contributed by atoms with Crippen molar-refractivity contribution in [3.05, 3.63) is 69.3 Å². The zero-order valence-electron chi connectivity index (χ0n) is 16.3. The van der Waals surface area contributed by atoms with Gasteiger partial charge in [0.2, 0.25) is 0 Å². The average molecular weight is 432 g/mol. The molecule has 1 atom stereocenters. The van der Waals surface area contributed by atoms with Crippen molar-refractivity contribution in [2.24, 2.45) is 0 Å². The number of ether oxygens (including phenoxy) is 1. The quantitative estimate of drug-likeness (QED) is 0.488. The van der Waals surface area contributed by atoms with Gasteiger partial charge < -0.3 is 10.1 Å². The largest absolute Gasteiger partial charge is 0.494 e. The highest BCUT2D eigenvalue weighted by Gasteiger charge is 2.35. The fraction of sp³-hybridized carbons (Fsp3) is 0.286. The third kappa shape index (κ3) is 3.61. The number of methoxy groups -OCH3 is 1. The summed E-state index contributed by atoms with van der Waals surface area (Å²) in [5.41, 5.74) is -2.73. The Hall–Kier alpha value is -3.45. The summed E-state index contributed by atoms with van der Waals surface area (Å²) in [7, 11) is 1.29. The Morgan fingerprint density at radius 1 is 1.29 bits per heavy atom. The van der Waals surface area contributed by atoms with Crippen molar-refractivity contribution in [1.82, 2.24) is 14.9 Å². The molecule has 0 unspecified atom stereocenters. The molecule has 6 nitrogen and oxygen atoms in total. The number of rotatable bonds is 3. The summed E-state index contributed by atoms with van der Waals surface area (Å²) >= 11 is 0. The molecule has 0 saturated carbocycles. The number of aromatic nitrogens is 2. The molecule has 0 bridgehead atoms. The van der Waals surface area contributed by atoms with E-state index in [0.717, 1.165) is 23.1 Å². The molecule has 10 heteroatoms. The second-order valence-corrected chi connectivity index (χ2v) is 7.08. The van der Waals surface area contributed by atoms with Crippen LogP contribution in [-0.4, -0.2) is 23.2 Å². The zero-order valence-corrected chi connectivity index (χ0v) is 16.3. The summed E-state index contributed by atoms with van der Waals surface area (Å²) in [6.45, 7) is 7.72. The van der Waals surface area contributed by atoms with Crippen LogP contribution in [0.1, 0.15) is 30.3 Å². The maximum absolute atomic E-state index is 14.4. The number of halogens is 4. The van der Waals surface area contributed by atoms with Crippen molar-refractivity contribution in [3.8, 4) is 11.4 Å². The van der Waals surface area contributed by atoms with Crippen LogP contribution in [0.5, 0.6) is 5.75 Å². The number of alkyl halides is 3. The molecule has 1 aliphatic rings. The van der Waals surface area contributed by atoms with E-state index in [1.165, 1.54) is 19.2 Å². The first kappa shape index (κ1) is 20.8. The minimum absolute atomic E-state index is 0.0410. The Labute approximate surface area is 173 Å². The molecule has 3 aromatic rings. The molecule has 0 amide bonds.